The molecule has 0 saturated carbocycles. The van der Waals surface area contributed by atoms with Crippen LogP contribution < -0.4 is 5.73 Å². The van der Waals surface area contributed by atoms with Gasteiger partial charge in [-0.1, -0.05) is 6.07 Å². The number of rotatable bonds is 3. The fourth-order valence-electron chi connectivity index (χ4n) is 0.864. The van der Waals surface area contributed by atoms with E-state index in [4.69, 9.17) is 5.73 Å². The van der Waals surface area contributed by atoms with Crippen LogP contribution in [0.25, 0.3) is 0 Å². The lowest BCUT2D eigenvalue weighted by molar-refractivity contribution is 0.580. The Morgan fingerprint density at radius 3 is 2.46 bits per heavy atom. The van der Waals surface area contributed by atoms with Crippen molar-refractivity contribution in [2.24, 2.45) is 10.7 Å². The van der Waals surface area contributed by atoms with E-state index in [9.17, 15) is 8.78 Å². The number of halogens is 2. The van der Waals surface area contributed by atoms with Gasteiger partial charge in [0.2, 0.25) is 0 Å². The molecule has 0 aliphatic rings. The van der Waals surface area contributed by atoms with Crippen molar-refractivity contribution in [2.75, 3.05) is 13.1 Å². The topological polar surface area (TPSA) is 38.4 Å². The monoisotopic (exact) mass is 184 g/mol. The summed E-state index contributed by atoms with van der Waals surface area (Å²) in [7, 11) is 0. The predicted octanol–water partition coefficient (Wildman–Crippen LogP) is 1.34. The molecule has 0 heterocycles. The number of hydrogen-bond acceptors (Lipinski definition) is 2. The quantitative estimate of drug-likeness (QED) is 0.707. The van der Waals surface area contributed by atoms with Crippen LogP contribution in [0.4, 0.5) is 8.78 Å². The van der Waals surface area contributed by atoms with Gasteiger partial charge in [0.1, 0.15) is 11.6 Å². The molecule has 1 aromatic rings. The zero-order valence-electron chi connectivity index (χ0n) is 7.00. The Balaban J connectivity index is 2.87. The Bertz CT molecular complexity index is 290. The highest BCUT2D eigenvalue weighted by Crippen LogP contribution is 2.08. The summed E-state index contributed by atoms with van der Waals surface area (Å²) in [5, 5.41) is 0. The van der Waals surface area contributed by atoms with Crippen LogP contribution in [0.5, 0.6) is 0 Å². The molecule has 0 radical (unpaired) electrons. The van der Waals surface area contributed by atoms with Crippen LogP contribution in [-0.4, -0.2) is 19.3 Å². The summed E-state index contributed by atoms with van der Waals surface area (Å²) >= 11 is 0. The third-order valence-electron chi connectivity index (χ3n) is 1.48. The van der Waals surface area contributed by atoms with E-state index < -0.39 is 11.6 Å². The molecule has 0 atom stereocenters. The van der Waals surface area contributed by atoms with Gasteiger partial charge >= 0.3 is 0 Å². The maximum atomic E-state index is 12.9. The average Bonchev–Trinajstić information content (AvgIpc) is 2.10. The SMILES string of the molecule is NCC/N=C/c1c(F)cccc1F. The maximum absolute atomic E-state index is 12.9. The molecule has 0 aromatic heterocycles. The van der Waals surface area contributed by atoms with Gasteiger partial charge < -0.3 is 5.73 Å². The molecule has 2 N–H and O–H groups in total. The molecule has 0 aliphatic carbocycles. The van der Waals surface area contributed by atoms with Gasteiger partial charge in [-0.2, -0.15) is 0 Å². The summed E-state index contributed by atoms with van der Waals surface area (Å²) in [6.45, 7) is 0.736. The van der Waals surface area contributed by atoms with Gasteiger partial charge in [0, 0.05) is 12.8 Å². The molecule has 13 heavy (non-hydrogen) atoms. The molecule has 0 aliphatic heterocycles. The average molecular weight is 184 g/mol. The molecule has 0 unspecified atom stereocenters. The molecule has 0 bridgehead atoms. The van der Waals surface area contributed by atoms with Crippen molar-refractivity contribution in [2.45, 2.75) is 0 Å². The first kappa shape index (κ1) is 9.80. The summed E-state index contributed by atoms with van der Waals surface area (Å²) in [5.74, 6) is -1.22. The fraction of sp³-hybridized carbons (Fsp3) is 0.222. The van der Waals surface area contributed by atoms with Crippen LogP contribution in [0.15, 0.2) is 23.2 Å². The van der Waals surface area contributed by atoms with Crippen LogP contribution in [0, 0.1) is 11.6 Å². The van der Waals surface area contributed by atoms with E-state index in [1.54, 1.807) is 0 Å². The van der Waals surface area contributed by atoms with E-state index in [0.29, 0.717) is 13.1 Å². The Morgan fingerprint density at radius 2 is 1.92 bits per heavy atom. The summed E-state index contributed by atoms with van der Waals surface area (Å²) in [6, 6.07) is 3.69. The van der Waals surface area contributed by atoms with Gasteiger partial charge in [-0.15, -0.1) is 0 Å². The van der Waals surface area contributed by atoms with Gasteiger partial charge in [0.05, 0.1) is 12.1 Å². The zero-order valence-corrected chi connectivity index (χ0v) is 7.00. The standard InChI is InChI=1S/C9H10F2N2/c10-8-2-1-3-9(11)7(8)6-13-5-4-12/h1-3,6H,4-5,12H2/b13-6+. The Morgan fingerprint density at radius 1 is 1.31 bits per heavy atom. The van der Waals surface area contributed by atoms with Crippen molar-refractivity contribution in [3.63, 3.8) is 0 Å². The number of benzene rings is 1. The summed E-state index contributed by atoms with van der Waals surface area (Å²) < 4.78 is 25.8. The van der Waals surface area contributed by atoms with Crippen LogP contribution >= 0.6 is 0 Å². The maximum Gasteiger partial charge on any atom is 0.134 e. The predicted molar refractivity (Wildman–Crippen MR) is 47.9 cm³/mol. The molecule has 0 amide bonds. The molecule has 4 heteroatoms. The Kier molecular flexibility index (Phi) is 3.52. The van der Waals surface area contributed by atoms with E-state index in [1.165, 1.54) is 18.2 Å². The summed E-state index contributed by atoms with van der Waals surface area (Å²) in [4.78, 5) is 3.75. The first-order valence-corrected chi connectivity index (χ1v) is 3.89. The van der Waals surface area contributed by atoms with Crippen LogP contribution in [-0.2, 0) is 0 Å². The number of aliphatic imine (C=N–C) groups is 1. The van der Waals surface area contributed by atoms with Gasteiger partial charge in [-0.05, 0) is 12.1 Å². The highest BCUT2D eigenvalue weighted by Gasteiger charge is 2.03. The molecule has 0 fully saturated rings. The molecule has 70 valence electrons. The third-order valence-corrected chi connectivity index (χ3v) is 1.48. The summed E-state index contributed by atoms with van der Waals surface area (Å²) in [5.41, 5.74) is 5.05. The van der Waals surface area contributed by atoms with Crippen molar-refractivity contribution in [1.29, 1.82) is 0 Å². The molecule has 0 saturated heterocycles. The fourth-order valence-corrected chi connectivity index (χ4v) is 0.864. The molecular formula is C9H10F2N2. The van der Waals surface area contributed by atoms with Crippen LogP contribution in [0.1, 0.15) is 5.56 Å². The lowest BCUT2D eigenvalue weighted by Crippen LogP contribution is -2.03. The third kappa shape index (κ3) is 2.59. The molecule has 2 nitrogen and oxygen atoms in total. The minimum Gasteiger partial charge on any atom is -0.329 e. The van der Waals surface area contributed by atoms with Crippen molar-refractivity contribution >= 4 is 6.21 Å². The van der Waals surface area contributed by atoms with Crippen molar-refractivity contribution < 1.29 is 8.78 Å². The molecule has 1 aromatic carbocycles. The van der Waals surface area contributed by atoms with E-state index in [2.05, 4.69) is 4.99 Å². The van der Waals surface area contributed by atoms with E-state index >= 15 is 0 Å². The van der Waals surface area contributed by atoms with Gasteiger partial charge in [-0.3, -0.25) is 4.99 Å². The van der Waals surface area contributed by atoms with E-state index in [1.807, 2.05) is 0 Å². The molecule has 1 rings (SSSR count). The molecular weight excluding hydrogens is 174 g/mol. The minimum absolute atomic E-state index is 0.115. The first-order chi connectivity index (χ1) is 6.25. The highest BCUT2D eigenvalue weighted by molar-refractivity contribution is 5.80. The normalized spacial score (nSPS) is 11.0. The minimum atomic E-state index is -0.610. The largest absolute Gasteiger partial charge is 0.329 e. The van der Waals surface area contributed by atoms with E-state index in [-0.39, 0.29) is 5.56 Å². The second-order valence-electron chi connectivity index (χ2n) is 2.46. The van der Waals surface area contributed by atoms with Crippen LogP contribution in [0.2, 0.25) is 0 Å². The second-order valence-corrected chi connectivity index (χ2v) is 2.46. The van der Waals surface area contributed by atoms with Crippen molar-refractivity contribution in [1.82, 2.24) is 0 Å². The Hall–Kier alpha value is -1.29. The smallest absolute Gasteiger partial charge is 0.134 e. The van der Waals surface area contributed by atoms with Gasteiger partial charge in [-0.25, -0.2) is 8.78 Å². The number of hydrogen-bond donors (Lipinski definition) is 1. The van der Waals surface area contributed by atoms with Crippen molar-refractivity contribution in [3.05, 3.63) is 35.4 Å². The molecule has 0 spiro atoms. The number of nitrogens with zero attached hydrogens (tertiary/aromatic N) is 1. The zero-order chi connectivity index (χ0) is 9.68. The highest BCUT2D eigenvalue weighted by atomic mass is 19.1. The van der Waals surface area contributed by atoms with Crippen molar-refractivity contribution in [3.8, 4) is 0 Å². The van der Waals surface area contributed by atoms with Crippen LogP contribution in [0.3, 0.4) is 0 Å². The number of nitrogens with two attached hydrogens (primary N) is 1. The Labute approximate surface area is 75.1 Å². The second kappa shape index (κ2) is 4.67. The van der Waals surface area contributed by atoms with Gasteiger partial charge in [0.25, 0.3) is 0 Å². The van der Waals surface area contributed by atoms with E-state index in [0.717, 1.165) is 6.21 Å². The first-order valence-electron chi connectivity index (χ1n) is 3.89. The lowest BCUT2D eigenvalue weighted by atomic mass is 10.2. The lowest BCUT2D eigenvalue weighted by Gasteiger charge is -1.97. The van der Waals surface area contributed by atoms with Gasteiger partial charge in [0.15, 0.2) is 0 Å². The summed E-state index contributed by atoms with van der Waals surface area (Å²) in [6.07, 6.45) is 1.16.